The van der Waals surface area contributed by atoms with E-state index in [9.17, 15) is 14.4 Å². The van der Waals surface area contributed by atoms with Gasteiger partial charge in [0.2, 0.25) is 0 Å². The predicted molar refractivity (Wildman–Crippen MR) is 95.8 cm³/mol. The van der Waals surface area contributed by atoms with Crippen LogP contribution in [0.2, 0.25) is 0 Å². The maximum Gasteiger partial charge on any atom is 0.320 e. The van der Waals surface area contributed by atoms with E-state index in [0.717, 1.165) is 0 Å². The molecule has 0 saturated heterocycles. The fourth-order valence-electron chi connectivity index (χ4n) is 3.18. The van der Waals surface area contributed by atoms with Crippen LogP contribution in [0.25, 0.3) is 0 Å². The summed E-state index contributed by atoms with van der Waals surface area (Å²) in [6.07, 6.45) is 0.437. The van der Waals surface area contributed by atoms with Crippen molar-refractivity contribution in [2.45, 2.75) is 52.6 Å². The van der Waals surface area contributed by atoms with Crippen molar-refractivity contribution in [3.8, 4) is 11.5 Å². The van der Waals surface area contributed by atoms with Crippen molar-refractivity contribution < 1.29 is 28.6 Å². The number of hydrogen-bond donors (Lipinski definition) is 0. The van der Waals surface area contributed by atoms with Gasteiger partial charge in [0.15, 0.2) is 17.3 Å². The second-order valence-corrected chi connectivity index (χ2v) is 7.66. The molecule has 1 aliphatic carbocycles. The Bertz CT molecular complexity index is 743. The lowest BCUT2D eigenvalue weighted by molar-refractivity contribution is -0.164. The van der Waals surface area contributed by atoms with Crippen LogP contribution in [-0.4, -0.2) is 37.4 Å². The third-order valence-electron chi connectivity index (χ3n) is 4.47. The van der Waals surface area contributed by atoms with E-state index in [4.69, 9.17) is 14.2 Å². The van der Waals surface area contributed by atoms with Crippen molar-refractivity contribution in [3.05, 3.63) is 23.3 Å². The van der Waals surface area contributed by atoms with E-state index in [1.165, 1.54) is 21.1 Å². The summed E-state index contributed by atoms with van der Waals surface area (Å²) in [5.41, 5.74) is -1.01. The van der Waals surface area contributed by atoms with Crippen LogP contribution >= 0.6 is 0 Å². The van der Waals surface area contributed by atoms with Gasteiger partial charge in [0.25, 0.3) is 0 Å². The fraction of sp³-hybridized carbons (Fsp3) is 0.550. The van der Waals surface area contributed by atoms with Gasteiger partial charge in [0.05, 0.1) is 14.2 Å². The number of esters is 1. The third kappa shape index (κ3) is 3.74. The number of Topliss-reactive ketones (excluding diaryl/α,β-unsaturated/α-hetero) is 2. The topological polar surface area (TPSA) is 78.9 Å². The molecule has 6 nitrogen and oxygen atoms in total. The summed E-state index contributed by atoms with van der Waals surface area (Å²) < 4.78 is 16.1. The van der Waals surface area contributed by atoms with Crippen LogP contribution < -0.4 is 9.47 Å². The zero-order chi connectivity index (χ0) is 19.7. The van der Waals surface area contributed by atoms with Gasteiger partial charge < -0.3 is 19.0 Å². The number of carbonyl (C=O) groups is 3. The van der Waals surface area contributed by atoms with E-state index in [1.807, 2.05) is 0 Å². The van der Waals surface area contributed by atoms with Gasteiger partial charge >= 0.3 is 5.97 Å². The Hall–Kier alpha value is -2.37. The van der Waals surface area contributed by atoms with E-state index < -0.39 is 17.0 Å². The van der Waals surface area contributed by atoms with Crippen molar-refractivity contribution in [1.29, 1.82) is 0 Å². The van der Waals surface area contributed by atoms with Gasteiger partial charge in [0.1, 0.15) is 16.8 Å². The molecule has 0 heterocycles. The first-order valence-electron chi connectivity index (χ1n) is 8.56. The Kier molecular flexibility index (Phi) is 5.44. The minimum Gasteiger partial charge on any atom is -0.493 e. The highest BCUT2D eigenvalue weighted by Crippen LogP contribution is 2.45. The first kappa shape index (κ1) is 19.9. The molecule has 1 aromatic carbocycles. The number of ketones is 2. The predicted octanol–water partition coefficient (Wildman–Crippen LogP) is 3.14. The number of hydrogen-bond acceptors (Lipinski definition) is 6. The zero-order valence-electron chi connectivity index (χ0n) is 16.2. The normalized spacial score (nSPS) is 19.1. The SMILES string of the molecule is COc1cc2c(cc1OC)C(=O)[C@](CCC(C)=O)(C(=O)OC(C)(C)C)C2. The van der Waals surface area contributed by atoms with Crippen LogP contribution in [0.4, 0.5) is 0 Å². The van der Waals surface area contributed by atoms with Crippen LogP contribution in [0.5, 0.6) is 11.5 Å². The molecule has 0 saturated carbocycles. The quantitative estimate of drug-likeness (QED) is 0.571. The van der Waals surface area contributed by atoms with Crippen LogP contribution in [0, 0.1) is 5.41 Å². The van der Waals surface area contributed by atoms with Crippen LogP contribution in [0.15, 0.2) is 12.1 Å². The summed E-state index contributed by atoms with van der Waals surface area (Å²) in [7, 11) is 3.00. The molecule has 0 amide bonds. The molecular formula is C20H26O6. The summed E-state index contributed by atoms with van der Waals surface area (Å²) in [5, 5.41) is 0. The lowest BCUT2D eigenvalue weighted by Crippen LogP contribution is -2.42. The first-order chi connectivity index (χ1) is 12.0. The van der Waals surface area contributed by atoms with Crippen molar-refractivity contribution in [2.24, 2.45) is 5.41 Å². The Morgan fingerprint density at radius 1 is 1.12 bits per heavy atom. The summed E-state index contributed by atoms with van der Waals surface area (Å²) in [5.74, 6) is -0.0852. The number of carbonyl (C=O) groups excluding carboxylic acids is 3. The highest BCUT2D eigenvalue weighted by atomic mass is 16.6. The molecule has 0 radical (unpaired) electrons. The second kappa shape index (κ2) is 7.09. The molecule has 0 bridgehead atoms. The highest BCUT2D eigenvalue weighted by Gasteiger charge is 2.53. The van der Waals surface area contributed by atoms with Crippen LogP contribution in [-0.2, 0) is 20.7 Å². The minimum absolute atomic E-state index is 0.0770. The Balaban J connectivity index is 2.50. The number of benzene rings is 1. The Labute approximate surface area is 153 Å². The van der Waals surface area contributed by atoms with Gasteiger partial charge in [-0.15, -0.1) is 0 Å². The maximum absolute atomic E-state index is 13.2. The molecule has 0 aromatic heterocycles. The van der Waals surface area contributed by atoms with Crippen molar-refractivity contribution in [2.75, 3.05) is 14.2 Å². The van der Waals surface area contributed by atoms with Gasteiger partial charge in [-0.1, -0.05) is 0 Å². The standard InChI is InChI=1S/C20H26O6/c1-12(21)7-8-20(18(23)26-19(2,3)4)11-13-9-15(24-5)16(25-6)10-14(13)17(20)22/h9-10H,7-8,11H2,1-6H3/t20-/m1/s1. The summed E-state index contributed by atoms with van der Waals surface area (Å²) in [6.45, 7) is 6.70. The fourth-order valence-corrected chi connectivity index (χ4v) is 3.18. The molecule has 26 heavy (non-hydrogen) atoms. The third-order valence-corrected chi connectivity index (χ3v) is 4.47. The Morgan fingerprint density at radius 2 is 1.69 bits per heavy atom. The molecule has 0 N–H and O–H groups in total. The number of ether oxygens (including phenoxy) is 3. The molecule has 0 unspecified atom stereocenters. The minimum atomic E-state index is -1.39. The average Bonchev–Trinajstić information content (AvgIpc) is 2.83. The average molecular weight is 362 g/mol. The maximum atomic E-state index is 13.2. The first-order valence-corrected chi connectivity index (χ1v) is 8.56. The molecule has 1 aliphatic rings. The van der Waals surface area contributed by atoms with Crippen molar-refractivity contribution >= 4 is 17.5 Å². The van der Waals surface area contributed by atoms with E-state index in [1.54, 1.807) is 32.9 Å². The summed E-state index contributed by atoms with van der Waals surface area (Å²) in [6, 6.07) is 3.31. The van der Waals surface area contributed by atoms with E-state index in [2.05, 4.69) is 0 Å². The molecule has 0 spiro atoms. The van der Waals surface area contributed by atoms with Crippen molar-refractivity contribution in [3.63, 3.8) is 0 Å². The second-order valence-electron chi connectivity index (χ2n) is 7.66. The monoisotopic (exact) mass is 362 g/mol. The molecule has 0 fully saturated rings. The lowest BCUT2D eigenvalue weighted by Gasteiger charge is -2.29. The molecule has 6 heteroatoms. The molecule has 1 atom stereocenters. The number of fused-ring (bicyclic) bond motifs is 1. The van der Waals surface area contributed by atoms with Gasteiger partial charge in [0, 0.05) is 12.0 Å². The molecule has 142 valence electrons. The highest BCUT2D eigenvalue weighted by molar-refractivity contribution is 6.16. The van der Waals surface area contributed by atoms with E-state index in [-0.39, 0.29) is 30.8 Å². The van der Waals surface area contributed by atoms with Crippen LogP contribution in [0.1, 0.15) is 56.5 Å². The van der Waals surface area contributed by atoms with E-state index in [0.29, 0.717) is 22.6 Å². The van der Waals surface area contributed by atoms with Gasteiger partial charge in [-0.3, -0.25) is 9.59 Å². The lowest BCUT2D eigenvalue weighted by atomic mass is 9.78. The number of methoxy groups -OCH3 is 2. The Morgan fingerprint density at radius 3 is 2.19 bits per heavy atom. The largest absolute Gasteiger partial charge is 0.493 e. The smallest absolute Gasteiger partial charge is 0.320 e. The van der Waals surface area contributed by atoms with Gasteiger partial charge in [-0.2, -0.15) is 0 Å². The summed E-state index contributed by atoms with van der Waals surface area (Å²) in [4.78, 5) is 37.7. The molecule has 2 rings (SSSR count). The number of rotatable bonds is 6. The molecular weight excluding hydrogens is 336 g/mol. The van der Waals surface area contributed by atoms with Crippen LogP contribution in [0.3, 0.4) is 0 Å². The summed E-state index contributed by atoms with van der Waals surface area (Å²) >= 11 is 0. The van der Waals surface area contributed by atoms with E-state index >= 15 is 0 Å². The van der Waals surface area contributed by atoms with Gasteiger partial charge in [-0.25, -0.2) is 0 Å². The zero-order valence-corrected chi connectivity index (χ0v) is 16.2. The molecule has 0 aliphatic heterocycles. The van der Waals surface area contributed by atoms with Crippen molar-refractivity contribution in [1.82, 2.24) is 0 Å². The molecule has 1 aromatic rings. The van der Waals surface area contributed by atoms with Gasteiger partial charge in [-0.05, 0) is 58.2 Å².